The number of anilines is 3. The van der Waals surface area contributed by atoms with Crippen LogP contribution in [0.25, 0.3) is 0 Å². The van der Waals surface area contributed by atoms with E-state index in [1.165, 1.54) is 11.1 Å². The van der Waals surface area contributed by atoms with E-state index in [4.69, 9.17) is 9.47 Å². The molecule has 2 fully saturated rings. The van der Waals surface area contributed by atoms with Crippen molar-refractivity contribution in [2.45, 2.75) is 44.4 Å². The summed E-state index contributed by atoms with van der Waals surface area (Å²) in [5.74, 6) is 2.68. The highest BCUT2D eigenvalue weighted by molar-refractivity contribution is 6.01. The second-order valence-corrected chi connectivity index (χ2v) is 9.67. The van der Waals surface area contributed by atoms with Gasteiger partial charge >= 0.3 is 6.03 Å². The van der Waals surface area contributed by atoms with E-state index in [-0.39, 0.29) is 23.7 Å². The van der Waals surface area contributed by atoms with Gasteiger partial charge < -0.3 is 19.7 Å². The molecule has 2 saturated heterocycles. The molecular weight excluding hydrogens is 502 g/mol. The van der Waals surface area contributed by atoms with Crippen molar-refractivity contribution >= 4 is 35.6 Å². The fraction of sp³-hybridized carbons (Fsp3) is 0.444. The lowest BCUT2D eigenvalue weighted by Gasteiger charge is -2.29. The number of methoxy groups -OCH3 is 1. The molecule has 39 heavy (non-hydrogen) atoms. The summed E-state index contributed by atoms with van der Waals surface area (Å²) >= 11 is 0. The van der Waals surface area contributed by atoms with Crippen molar-refractivity contribution < 1.29 is 23.9 Å². The van der Waals surface area contributed by atoms with Crippen LogP contribution in [0.15, 0.2) is 24.0 Å². The third kappa shape index (κ3) is 5.47. The fourth-order valence-electron chi connectivity index (χ4n) is 5.23. The van der Waals surface area contributed by atoms with Gasteiger partial charge in [0.1, 0.15) is 41.1 Å². The first-order chi connectivity index (χ1) is 19.0. The first-order valence-corrected chi connectivity index (χ1v) is 12.9. The monoisotopic (exact) mass is 531 g/mol. The molecular formula is C27H29N7O5. The number of carbonyl (C=O) groups excluding carboxylic acids is 3. The highest BCUT2D eigenvalue weighted by atomic mass is 16.5. The minimum Gasteiger partial charge on any atom is -0.379 e. The number of nitriles is 1. The molecule has 0 spiro atoms. The van der Waals surface area contributed by atoms with Crippen LogP contribution in [0.5, 0.6) is 0 Å². The molecule has 5 rings (SSSR count). The number of amides is 2. The molecule has 0 unspecified atom stereocenters. The standard InChI is InChI=1S/C27H29N7O5/c1-38-24-4-7-33(23(24)15-36)13-18-9-17-3-2-6-34(26(17)31-22(18)14-35)27(37)32-25-10-21(19(11-28)12-29-25)30-20-5-8-39-16-20/h9-10,12,14,20,24H,2-8,13,16H2,1H3,(H2,29,30,32,37)/t20-,24+/m0/s1. The summed E-state index contributed by atoms with van der Waals surface area (Å²) in [6.45, 7) is 2.55. The van der Waals surface area contributed by atoms with Crippen LogP contribution in [0.1, 0.15) is 46.4 Å². The Kier molecular flexibility index (Phi) is 7.84. The van der Waals surface area contributed by atoms with Crippen LogP contribution in [-0.2, 0) is 27.2 Å². The maximum Gasteiger partial charge on any atom is 0.328 e. The van der Waals surface area contributed by atoms with E-state index in [0.29, 0.717) is 86.7 Å². The average molecular weight is 532 g/mol. The molecule has 2 N–H and O–H groups in total. The average Bonchev–Trinajstić information content (AvgIpc) is 3.61. The normalized spacial score (nSPS) is 20.3. The third-order valence-electron chi connectivity index (χ3n) is 7.24. The quantitative estimate of drug-likeness (QED) is 0.402. The number of hydrogen-bond acceptors (Lipinski definition) is 10. The number of rotatable bonds is 7. The van der Waals surface area contributed by atoms with Crippen molar-refractivity contribution in [1.29, 1.82) is 5.26 Å². The van der Waals surface area contributed by atoms with E-state index >= 15 is 0 Å². The number of pyridine rings is 2. The van der Waals surface area contributed by atoms with Gasteiger partial charge in [0.2, 0.25) is 0 Å². The molecule has 2 aromatic heterocycles. The Balaban J connectivity index is 1.36. The first-order valence-electron chi connectivity index (χ1n) is 12.9. The number of fused-ring (bicyclic) bond motifs is 1. The highest BCUT2D eigenvalue weighted by Gasteiger charge is 2.31. The molecule has 5 heterocycles. The van der Waals surface area contributed by atoms with Gasteiger partial charge in [0.05, 0.1) is 23.9 Å². The van der Waals surface area contributed by atoms with E-state index in [9.17, 15) is 19.6 Å². The number of likely N-dealkylation sites (tertiary alicyclic amines) is 1. The predicted molar refractivity (Wildman–Crippen MR) is 141 cm³/mol. The van der Waals surface area contributed by atoms with Gasteiger partial charge in [-0.05, 0) is 37.3 Å². The first kappa shape index (κ1) is 26.3. The van der Waals surface area contributed by atoms with Crippen molar-refractivity contribution in [3.63, 3.8) is 0 Å². The molecule has 202 valence electrons. The number of urea groups is 1. The minimum atomic E-state index is -0.436. The number of hydrogen-bond donors (Lipinski definition) is 2. The molecule has 0 radical (unpaired) electrons. The number of aryl methyl sites for hydroxylation is 1. The Morgan fingerprint density at radius 3 is 2.92 bits per heavy atom. The van der Waals surface area contributed by atoms with E-state index < -0.39 is 6.03 Å². The van der Waals surface area contributed by atoms with Gasteiger partial charge in [-0.25, -0.2) is 19.6 Å². The molecule has 2 atom stereocenters. The number of carbonyl (C=O) groups is 2. The summed E-state index contributed by atoms with van der Waals surface area (Å²) in [6, 6.07) is 5.28. The zero-order valence-electron chi connectivity index (χ0n) is 21.6. The van der Waals surface area contributed by atoms with E-state index in [0.717, 1.165) is 12.0 Å². The Labute approximate surface area is 225 Å². The summed E-state index contributed by atoms with van der Waals surface area (Å²) in [5.41, 5.74) is 3.10. The summed E-state index contributed by atoms with van der Waals surface area (Å²) in [5, 5.41) is 15.6. The maximum absolute atomic E-state index is 13.3. The Bertz CT molecular complexity index is 1360. The molecule has 3 aliphatic heterocycles. The highest BCUT2D eigenvalue weighted by Crippen LogP contribution is 2.31. The number of aldehydes is 1. The van der Waals surface area contributed by atoms with Crippen LogP contribution >= 0.6 is 0 Å². The van der Waals surface area contributed by atoms with Crippen molar-refractivity contribution in [2.75, 3.05) is 48.9 Å². The number of nitrogens with one attached hydrogen (secondary N) is 2. The smallest absolute Gasteiger partial charge is 0.328 e. The summed E-state index contributed by atoms with van der Waals surface area (Å²) in [6.07, 6.45) is 4.67. The minimum absolute atomic E-state index is 0.0798. The summed E-state index contributed by atoms with van der Waals surface area (Å²) in [7, 11) is 1.55. The van der Waals surface area contributed by atoms with Crippen LogP contribution < -0.4 is 15.5 Å². The second-order valence-electron chi connectivity index (χ2n) is 9.67. The molecule has 2 aromatic rings. The zero-order valence-corrected chi connectivity index (χ0v) is 21.6. The van der Waals surface area contributed by atoms with Crippen LogP contribution in [0.4, 0.5) is 22.1 Å². The third-order valence-corrected chi connectivity index (χ3v) is 7.24. The fourth-order valence-corrected chi connectivity index (χ4v) is 5.23. The molecule has 0 bridgehead atoms. The Hall–Kier alpha value is -4.30. The van der Waals surface area contributed by atoms with Crippen molar-refractivity contribution in [3.05, 3.63) is 46.4 Å². The SMILES string of the molecule is CO[C@@H]1CCN(Cc2cc3c(nc2C=O)N(C(=O)Nc2cc(N[C@H]4CCOC4)c(C#N)cn2)CCC3)C1=C=O. The lowest BCUT2D eigenvalue weighted by atomic mass is 10.0. The molecule has 0 aliphatic carbocycles. The van der Waals surface area contributed by atoms with Gasteiger partial charge in [-0.15, -0.1) is 0 Å². The number of nitrogens with zero attached hydrogens (tertiary/aromatic N) is 5. The topological polar surface area (TPSA) is 150 Å². The van der Waals surface area contributed by atoms with Gasteiger partial charge in [0.25, 0.3) is 0 Å². The Morgan fingerprint density at radius 2 is 2.21 bits per heavy atom. The Morgan fingerprint density at radius 1 is 1.33 bits per heavy atom. The van der Waals surface area contributed by atoms with E-state index in [1.807, 2.05) is 16.9 Å². The zero-order chi connectivity index (χ0) is 27.4. The second kappa shape index (κ2) is 11.6. The van der Waals surface area contributed by atoms with E-state index in [2.05, 4.69) is 26.7 Å². The predicted octanol–water partition coefficient (Wildman–Crippen LogP) is 2.28. The molecule has 0 saturated carbocycles. The van der Waals surface area contributed by atoms with Crippen LogP contribution in [0, 0.1) is 11.3 Å². The van der Waals surface area contributed by atoms with Crippen molar-refractivity contribution in [2.24, 2.45) is 0 Å². The van der Waals surface area contributed by atoms with Crippen LogP contribution in [-0.4, -0.2) is 78.7 Å². The van der Waals surface area contributed by atoms with Gasteiger partial charge in [0.15, 0.2) is 6.29 Å². The summed E-state index contributed by atoms with van der Waals surface area (Å²) < 4.78 is 10.8. The van der Waals surface area contributed by atoms with Crippen LogP contribution in [0.2, 0.25) is 0 Å². The maximum atomic E-state index is 13.3. The summed E-state index contributed by atoms with van der Waals surface area (Å²) in [4.78, 5) is 49.0. The molecule has 12 heteroatoms. The van der Waals surface area contributed by atoms with Gasteiger partial charge in [-0.2, -0.15) is 5.26 Å². The lowest BCUT2D eigenvalue weighted by molar-refractivity contribution is 0.111. The largest absolute Gasteiger partial charge is 0.379 e. The number of aromatic nitrogens is 2. The lowest BCUT2D eigenvalue weighted by Crippen LogP contribution is -2.40. The van der Waals surface area contributed by atoms with Gasteiger partial charge in [-0.1, -0.05) is 0 Å². The molecule has 12 nitrogen and oxygen atoms in total. The van der Waals surface area contributed by atoms with Gasteiger partial charge in [-0.3, -0.25) is 15.0 Å². The van der Waals surface area contributed by atoms with E-state index in [1.54, 1.807) is 13.2 Å². The molecule has 0 aromatic carbocycles. The van der Waals surface area contributed by atoms with Crippen LogP contribution in [0.3, 0.4) is 0 Å². The molecule has 2 amide bonds. The van der Waals surface area contributed by atoms with Gasteiger partial charge in [0, 0.05) is 51.2 Å². The molecule has 3 aliphatic rings. The van der Waals surface area contributed by atoms with Crippen molar-refractivity contribution in [3.8, 4) is 6.07 Å². The van der Waals surface area contributed by atoms with Crippen molar-refractivity contribution in [1.82, 2.24) is 14.9 Å². The number of ether oxygens (including phenoxy) is 2.